The molecule has 0 saturated heterocycles. The van der Waals surface area contributed by atoms with Crippen molar-refractivity contribution in [2.45, 2.75) is 205 Å². The van der Waals surface area contributed by atoms with E-state index >= 15 is 0 Å². The molecule has 45 heavy (non-hydrogen) atoms. The monoisotopic (exact) mass is 686 g/mol. The number of hydrogen-bond acceptors (Lipinski definition) is 6. The average Bonchev–Trinajstić information content (AvgIpc) is 2.99. The van der Waals surface area contributed by atoms with Crippen molar-refractivity contribution in [2.24, 2.45) is 0 Å². The van der Waals surface area contributed by atoms with E-state index < -0.39 is 33.7 Å². The SMILES string of the molecule is CCCCCCCCCCCCCCCCOC(=O)CC(C(=O)OCCCCCCCCCCCCCCCC)S(=O)(=O)O.[H-].[K+]. The zero-order valence-electron chi connectivity index (χ0n) is 30.8. The van der Waals surface area contributed by atoms with Crippen molar-refractivity contribution < 1.29 is 84.8 Å². The Labute approximate surface area is 322 Å². The fraction of sp³-hybridized carbons (Fsp3) is 0.944. The van der Waals surface area contributed by atoms with Crippen LogP contribution in [0.25, 0.3) is 0 Å². The first kappa shape index (κ1) is 47.6. The van der Waals surface area contributed by atoms with Gasteiger partial charge in [-0.2, -0.15) is 8.42 Å². The summed E-state index contributed by atoms with van der Waals surface area (Å²) in [5.41, 5.74) is 0. The summed E-state index contributed by atoms with van der Waals surface area (Å²) in [4.78, 5) is 24.4. The summed E-state index contributed by atoms with van der Waals surface area (Å²) in [6.07, 6.45) is 33.3. The Hall–Kier alpha value is 0.486. The number of hydrogen-bond donors (Lipinski definition) is 1. The first-order valence-corrected chi connectivity index (χ1v) is 20.1. The smallest absolute Gasteiger partial charge is 1.00 e. The summed E-state index contributed by atoms with van der Waals surface area (Å²) in [6.45, 7) is 4.76. The molecule has 1 atom stereocenters. The van der Waals surface area contributed by atoms with E-state index in [2.05, 4.69) is 13.8 Å². The van der Waals surface area contributed by atoms with Gasteiger partial charge in [-0.3, -0.25) is 14.1 Å². The molecule has 0 bridgehead atoms. The third-order valence-corrected chi connectivity index (χ3v) is 9.56. The van der Waals surface area contributed by atoms with Crippen LogP contribution in [-0.2, 0) is 29.2 Å². The molecule has 0 aromatic heterocycles. The summed E-state index contributed by atoms with van der Waals surface area (Å²) in [7, 11) is -4.77. The normalized spacial score (nSPS) is 12.1. The topological polar surface area (TPSA) is 107 Å². The van der Waals surface area contributed by atoms with Gasteiger partial charge in [0.2, 0.25) is 0 Å². The Morgan fingerprint density at radius 3 is 1.07 bits per heavy atom. The van der Waals surface area contributed by atoms with Crippen LogP contribution in [0.1, 0.15) is 201 Å². The van der Waals surface area contributed by atoms with Gasteiger partial charge in [0.25, 0.3) is 10.1 Å². The number of unbranched alkanes of at least 4 members (excludes halogenated alkanes) is 26. The number of ether oxygens (including phenoxy) is 2. The maximum atomic E-state index is 12.3. The Morgan fingerprint density at radius 2 is 0.778 bits per heavy atom. The molecule has 0 amide bonds. The van der Waals surface area contributed by atoms with E-state index in [1.54, 1.807) is 0 Å². The third kappa shape index (κ3) is 34.2. The van der Waals surface area contributed by atoms with Gasteiger partial charge in [-0.25, -0.2) is 0 Å². The molecule has 1 unspecified atom stereocenters. The molecule has 0 aromatic carbocycles. The van der Waals surface area contributed by atoms with E-state index in [0.29, 0.717) is 12.8 Å². The minimum atomic E-state index is -4.77. The van der Waals surface area contributed by atoms with Crippen LogP contribution in [0.5, 0.6) is 0 Å². The molecule has 0 fully saturated rings. The van der Waals surface area contributed by atoms with Gasteiger partial charge >= 0.3 is 63.3 Å². The van der Waals surface area contributed by atoms with E-state index in [1.165, 1.54) is 135 Å². The fourth-order valence-corrected chi connectivity index (χ4v) is 6.22. The number of carbonyl (C=O) groups excluding carboxylic acids is 2. The van der Waals surface area contributed by atoms with Crippen LogP contribution in [0.15, 0.2) is 0 Å². The van der Waals surface area contributed by atoms with Gasteiger partial charge in [0.1, 0.15) is 0 Å². The predicted octanol–water partition coefficient (Wildman–Crippen LogP) is 7.80. The van der Waals surface area contributed by atoms with E-state index in [1.807, 2.05) is 0 Å². The minimum absolute atomic E-state index is 0. The van der Waals surface area contributed by atoms with Gasteiger partial charge in [0.05, 0.1) is 19.6 Å². The van der Waals surface area contributed by atoms with Gasteiger partial charge < -0.3 is 10.9 Å². The Morgan fingerprint density at radius 1 is 0.511 bits per heavy atom. The molecule has 0 saturated carbocycles. The number of carbonyl (C=O) groups is 2. The number of rotatable bonds is 34. The molecule has 1 N–H and O–H groups in total. The second-order valence-corrected chi connectivity index (χ2v) is 14.4. The predicted molar refractivity (Wildman–Crippen MR) is 184 cm³/mol. The summed E-state index contributed by atoms with van der Waals surface area (Å²) >= 11 is 0. The van der Waals surface area contributed by atoms with Gasteiger partial charge in [-0.15, -0.1) is 0 Å². The summed E-state index contributed by atoms with van der Waals surface area (Å²) in [5.74, 6) is -1.90. The molecular formula is C36H71KO7S. The Bertz CT molecular complexity index is 767. The van der Waals surface area contributed by atoms with Crippen LogP contribution in [-0.4, -0.2) is 43.4 Å². The van der Waals surface area contributed by atoms with Crippen molar-refractivity contribution in [3.05, 3.63) is 0 Å². The molecule has 0 aromatic rings. The second-order valence-electron chi connectivity index (χ2n) is 12.8. The van der Waals surface area contributed by atoms with Gasteiger partial charge in [-0.05, 0) is 12.8 Å². The van der Waals surface area contributed by atoms with E-state index in [9.17, 15) is 22.6 Å². The first-order chi connectivity index (χ1) is 21.3. The Kier molecular flexibility index (Phi) is 37.9. The van der Waals surface area contributed by atoms with Crippen LogP contribution in [0.4, 0.5) is 0 Å². The molecule has 7 nitrogen and oxygen atoms in total. The van der Waals surface area contributed by atoms with E-state index in [0.717, 1.165) is 32.1 Å². The average molecular weight is 687 g/mol. The summed E-state index contributed by atoms with van der Waals surface area (Å²) in [5, 5.41) is -1.93. The van der Waals surface area contributed by atoms with Crippen molar-refractivity contribution in [3.63, 3.8) is 0 Å². The minimum Gasteiger partial charge on any atom is -1.00 e. The maximum absolute atomic E-state index is 12.3. The quantitative estimate of drug-likeness (QED) is 0.0319. The zero-order valence-corrected chi connectivity index (χ0v) is 33.7. The molecule has 0 rings (SSSR count). The number of esters is 2. The van der Waals surface area contributed by atoms with Crippen molar-refractivity contribution in [1.82, 2.24) is 0 Å². The zero-order chi connectivity index (χ0) is 32.6. The van der Waals surface area contributed by atoms with Gasteiger partial charge in [0, 0.05) is 0 Å². The molecule has 264 valence electrons. The van der Waals surface area contributed by atoms with E-state index in [4.69, 9.17) is 9.47 Å². The van der Waals surface area contributed by atoms with Gasteiger partial charge in [-0.1, -0.05) is 181 Å². The van der Waals surface area contributed by atoms with E-state index in [-0.39, 0.29) is 66.0 Å². The van der Waals surface area contributed by atoms with Crippen LogP contribution in [0, 0.1) is 0 Å². The van der Waals surface area contributed by atoms with Crippen LogP contribution in [0.2, 0.25) is 0 Å². The summed E-state index contributed by atoms with van der Waals surface area (Å²) in [6, 6.07) is 0. The molecule has 0 aliphatic carbocycles. The maximum Gasteiger partial charge on any atom is 1.00 e. The molecule has 0 spiro atoms. The molecule has 0 heterocycles. The van der Waals surface area contributed by atoms with Crippen molar-refractivity contribution in [3.8, 4) is 0 Å². The first-order valence-electron chi connectivity index (χ1n) is 18.6. The van der Waals surface area contributed by atoms with Crippen LogP contribution < -0.4 is 51.4 Å². The van der Waals surface area contributed by atoms with Crippen LogP contribution >= 0.6 is 0 Å². The van der Waals surface area contributed by atoms with Crippen LogP contribution in [0.3, 0.4) is 0 Å². The fourth-order valence-electron chi connectivity index (χ4n) is 5.57. The Balaban J connectivity index is -0.00000924. The molecule has 0 radical (unpaired) electrons. The van der Waals surface area contributed by atoms with Crippen molar-refractivity contribution in [1.29, 1.82) is 0 Å². The molecule has 9 heteroatoms. The molecular weight excluding hydrogens is 616 g/mol. The van der Waals surface area contributed by atoms with Crippen molar-refractivity contribution in [2.75, 3.05) is 13.2 Å². The molecule has 0 aliphatic heterocycles. The summed E-state index contributed by atoms with van der Waals surface area (Å²) < 4.78 is 43.2. The van der Waals surface area contributed by atoms with Crippen molar-refractivity contribution >= 4 is 22.1 Å². The second kappa shape index (κ2) is 35.8. The molecule has 0 aliphatic rings. The third-order valence-electron chi connectivity index (χ3n) is 8.48. The largest absolute Gasteiger partial charge is 1.00 e. The standard InChI is InChI=1S/C36H70O7S.K.H/c1-3-5-7-9-11-13-15-17-19-21-23-25-27-29-31-42-35(37)33-34(44(39,40)41)36(38)43-32-30-28-26-24-22-20-18-16-14-12-10-8-6-4-2;;/h34H,3-33H2,1-2H3,(H,39,40,41);;/q;+1;-1. The van der Waals surface area contributed by atoms with Gasteiger partial charge in [0.15, 0.2) is 5.25 Å².